The zero-order chi connectivity index (χ0) is 13.2. The fourth-order valence-electron chi connectivity index (χ4n) is 2.34. The van der Waals surface area contributed by atoms with Crippen LogP contribution in [0.25, 0.3) is 10.9 Å². The second-order valence-corrected chi connectivity index (χ2v) is 5.05. The Morgan fingerprint density at radius 2 is 1.95 bits per heavy atom. The number of benzene rings is 2. The molecule has 0 aliphatic rings. The standard InChI is InChI=1S/C16H15ClN2/c1-11-4-2-7-14(17)15(11)19-10-13-6-3-5-12-8-9-18-16(12)13/h2-9,18-19H,10H2,1H3. The van der Waals surface area contributed by atoms with E-state index in [0.29, 0.717) is 0 Å². The van der Waals surface area contributed by atoms with Crippen LogP contribution in [0.5, 0.6) is 0 Å². The van der Waals surface area contributed by atoms with Crippen LogP contribution >= 0.6 is 11.6 Å². The minimum Gasteiger partial charge on any atom is -0.379 e. The molecule has 2 N–H and O–H groups in total. The van der Waals surface area contributed by atoms with E-state index in [0.717, 1.165) is 22.8 Å². The predicted molar refractivity (Wildman–Crippen MR) is 81.8 cm³/mol. The molecule has 2 aromatic carbocycles. The van der Waals surface area contributed by atoms with Gasteiger partial charge in [0.2, 0.25) is 0 Å². The van der Waals surface area contributed by atoms with Gasteiger partial charge in [0.1, 0.15) is 0 Å². The second-order valence-electron chi connectivity index (χ2n) is 4.64. The Balaban J connectivity index is 1.88. The summed E-state index contributed by atoms with van der Waals surface area (Å²) in [4.78, 5) is 3.28. The van der Waals surface area contributed by atoms with Gasteiger partial charge in [-0.15, -0.1) is 0 Å². The van der Waals surface area contributed by atoms with E-state index in [4.69, 9.17) is 11.6 Å². The number of halogens is 1. The van der Waals surface area contributed by atoms with Crippen LogP contribution < -0.4 is 5.32 Å². The van der Waals surface area contributed by atoms with Crippen molar-refractivity contribution < 1.29 is 0 Å². The highest BCUT2D eigenvalue weighted by atomic mass is 35.5. The highest BCUT2D eigenvalue weighted by molar-refractivity contribution is 6.33. The summed E-state index contributed by atoms with van der Waals surface area (Å²) >= 11 is 6.22. The third-order valence-corrected chi connectivity index (χ3v) is 3.67. The molecule has 0 saturated heterocycles. The molecule has 0 amide bonds. The van der Waals surface area contributed by atoms with Crippen molar-refractivity contribution in [1.29, 1.82) is 0 Å². The smallest absolute Gasteiger partial charge is 0.0640 e. The molecule has 0 atom stereocenters. The highest BCUT2D eigenvalue weighted by Crippen LogP contribution is 2.26. The first-order valence-electron chi connectivity index (χ1n) is 6.29. The number of para-hydroxylation sites is 2. The number of anilines is 1. The predicted octanol–water partition coefficient (Wildman–Crippen LogP) is 4.74. The molecule has 0 bridgehead atoms. The molecule has 0 unspecified atom stereocenters. The van der Waals surface area contributed by atoms with Gasteiger partial charge in [0.25, 0.3) is 0 Å². The average Bonchev–Trinajstić information content (AvgIpc) is 2.87. The zero-order valence-electron chi connectivity index (χ0n) is 10.7. The van der Waals surface area contributed by atoms with E-state index in [1.807, 2.05) is 18.3 Å². The van der Waals surface area contributed by atoms with Gasteiger partial charge in [0.15, 0.2) is 0 Å². The Labute approximate surface area is 117 Å². The number of aromatic amines is 1. The Morgan fingerprint density at radius 1 is 1.11 bits per heavy atom. The lowest BCUT2D eigenvalue weighted by Gasteiger charge is -2.12. The van der Waals surface area contributed by atoms with Crippen molar-refractivity contribution in [2.45, 2.75) is 13.5 Å². The third-order valence-electron chi connectivity index (χ3n) is 3.35. The Morgan fingerprint density at radius 3 is 2.79 bits per heavy atom. The molecule has 96 valence electrons. The molecule has 0 aliphatic heterocycles. The van der Waals surface area contributed by atoms with Crippen LogP contribution in [-0.2, 0) is 6.54 Å². The van der Waals surface area contributed by atoms with Crippen molar-refractivity contribution >= 4 is 28.2 Å². The van der Waals surface area contributed by atoms with Gasteiger partial charge < -0.3 is 10.3 Å². The summed E-state index contributed by atoms with van der Waals surface area (Å²) in [6, 6.07) is 14.3. The van der Waals surface area contributed by atoms with Gasteiger partial charge in [-0.1, -0.05) is 41.9 Å². The van der Waals surface area contributed by atoms with E-state index < -0.39 is 0 Å². The fraction of sp³-hybridized carbons (Fsp3) is 0.125. The summed E-state index contributed by atoms with van der Waals surface area (Å²) in [5, 5.41) is 5.42. The molecular weight excluding hydrogens is 256 g/mol. The molecule has 1 heterocycles. The molecule has 0 spiro atoms. The minimum atomic E-state index is 0.752. The third kappa shape index (κ3) is 2.32. The first kappa shape index (κ1) is 12.1. The lowest BCUT2D eigenvalue weighted by Crippen LogP contribution is -2.02. The van der Waals surface area contributed by atoms with Gasteiger partial charge in [-0.25, -0.2) is 0 Å². The molecule has 0 aliphatic carbocycles. The number of rotatable bonds is 3. The first-order chi connectivity index (χ1) is 9.25. The summed E-state index contributed by atoms with van der Waals surface area (Å²) in [7, 11) is 0. The van der Waals surface area contributed by atoms with Crippen LogP contribution in [0.15, 0.2) is 48.7 Å². The van der Waals surface area contributed by atoms with Gasteiger partial charge in [-0.2, -0.15) is 0 Å². The maximum absolute atomic E-state index is 6.22. The molecule has 19 heavy (non-hydrogen) atoms. The van der Waals surface area contributed by atoms with E-state index >= 15 is 0 Å². The lowest BCUT2D eigenvalue weighted by molar-refractivity contribution is 1.15. The van der Waals surface area contributed by atoms with E-state index in [2.05, 4.69) is 47.6 Å². The monoisotopic (exact) mass is 270 g/mol. The molecule has 0 saturated carbocycles. The van der Waals surface area contributed by atoms with Gasteiger partial charge in [0, 0.05) is 12.7 Å². The number of aryl methyl sites for hydroxylation is 1. The quantitative estimate of drug-likeness (QED) is 0.707. The largest absolute Gasteiger partial charge is 0.379 e. The van der Waals surface area contributed by atoms with Crippen LogP contribution in [0.3, 0.4) is 0 Å². The molecule has 2 nitrogen and oxygen atoms in total. The Bertz CT molecular complexity index is 695. The van der Waals surface area contributed by atoms with Gasteiger partial charge in [-0.3, -0.25) is 0 Å². The second kappa shape index (κ2) is 4.98. The molecule has 3 rings (SSSR count). The van der Waals surface area contributed by atoms with Gasteiger partial charge >= 0.3 is 0 Å². The first-order valence-corrected chi connectivity index (χ1v) is 6.67. The summed E-state index contributed by atoms with van der Waals surface area (Å²) < 4.78 is 0. The number of H-pyrrole nitrogens is 1. The molecule has 1 aromatic heterocycles. The summed E-state index contributed by atoms with van der Waals surface area (Å²) in [5.74, 6) is 0. The number of fused-ring (bicyclic) bond motifs is 1. The maximum Gasteiger partial charge on any atom is 0.0640 e. The van der Waals surface area contributed by atoms with Crippen LogP contribution in [0.2, 0.25) is 5.02 Å². The van der Waals surface area contributed by atoms with Gasteiger partial charge in [-0.05, 0) is 35.6 Å². The lowest BCUT2D eigenvalue weighted by atomic mass is 10.1. The molecule has 0 radical (unpaired) electrons. The van der Waals surface area contributed by atoms with Crippen LogP contribution in [0.4, 0.5) is 5.69 Å². The average molecular weight is 271 g/mol. The normalized spacial score (nSPS) is 10.8. The Hall–Kier alpha value is -1.93. The van der Waals surface area contributed by atoms with Crippen molar-refractivity contribution in [1.82, 2.24) is 4.98 Å². The molecular formula is C16H15ClN2. The number of hydrogen-bond acceptors (Lipinski definition) is 1. The van der Waals surface area contributed by atoms with Crippen molar-refractivity contribution in [3.05, 3.63) is 64.8 Å². The topological polar surface area (TPSA) is 27.8 Å². The summed E-state index contributed by atoms with van der Waals surface area (Å²) in [6.07, 6.45) is 1.97. The van der Waals surface area contributed by atoms with E-state index in [1.54, 1.807) is 0 Å². The van der Waals surface area contributed by atoms with Crippen molar-refractivity contribution in [2.24, 2.45) is 0 Å². The zero-order valence-corrected chi connectivity index (χ0v) is 11.5. The van der Waals surface area contributed by atoms with E-state index in [-0.39, 0.29) is 0 Å². The van der Waals surface area contributed by atoms with Crippen LogP contribution in [0, 0.1) is 6.92 Å². The fourth-order valence-corrected chi connectivity index (χ4v) is 2.63. The molecule has 3 heteroatoms. The maximum atomic E-state index is 6.22. The van der Waals surface area contributed by atoms with Gasteiger partial charge in [0.05, 0.1) is 16.2 Å². The molecule has 0 fully saturated rings. The van der Waals surface area contributed by atoms with Crippen LogP contribution in [0.1, 0.15) is 11.1 Å². The SMILES string of the molecule is Cc1cccc(Cl)c1NCc1cccc2cc[nH]c12. The highest BCUT2D eigenvalue weighted by Gasteiger charge is 2.05. The number of nitrogens with one attached hydrogen (secondary N) is 2. The minimum absolute atomic E-state index is 0.752. The number of hydrogen-bond donors (Lipinski definition) is 2. The van der Waals surface area contributed by atoms with Crippen molar-refractivity contribution in [3.8, 4) is 0 Å². The van der Waals surface area contributed by atoms with E-state index in [1.165, 1.54) is 16.5 Å². The van der Waals surface area contributed by atoms with Crippen LogP contribution in [-0.4, -0.2) is 4.98 Å². The van der Waals surface area contributed by atoms with E-state index in [9.17, 15) is 0 Å². The van der Waals surface area contributed by atoms with Crippen molar-refractivity contribution in [3.63, 3.8) is 0 Å². The molecule has 3 aromatic rings. The van der Waals surface area contributed by atoms with Crippen molar-refractivity contribution in [2.75, 3.05) is 5.32 Å². The summed E-state index contributed by atoms with van der Waals surface area (Å²) in [5.41, 5.74) is 4.58. The summed E-state index contributed by atoms with van der Waals surface area (Å²) in [6.45, 7) is 2.81. The Kier molecular flexibility index (Phi) is 3.18. The number of aromatic nitrogens is 1.